The van der Waals surface area contributed by atoms with Gasteiger partial charge in [-0.2, -0.15) is 5.10 Å². The predicted molar refractivity (Wildman–Crippen MR) is 75.4 cm³/mol. The van der Waals surface area contributed by atoms with Crippen LogP contribution in [0.2, 0.25) is 0 Å². The highest BCUT2D eigenvalue weighted by Crippen LogP contribution is 2.26. The summed E-state index contributed by atoms with van der Waals surface area (Å²) in [6.07, 6.45) is 3.00. The van der Waals surface area contributed by atoms with Gasteiger partial charge in [0, 0.05) is 24.9 Å². The highest BCUT2D eigenvalue weighted by atomic mass is 16.3. The zero-order valence-electron chi connectivity index (χ0n) is 11.8. The summed E-state index contributed by atoms with van der Waals surface area (Å²) in [7, 11) is 1.72. The van der Waals surface area contributed by atoms with Gasteiger partial charge in [0.25, 0.3) is 0 Å². The molecule has 102 valence electrons. The Hall–Kier alpha value is -1.88. The Morgan fingerprint density at radius 2 is 2.11 bits per heavy atom. The van der Waals surface area contributed by atoms with E-state index in [1.54, 1.807) is 29.6 Å². The van der Waals surface area contributed by atoms with Gasteiger partial charge in [0.05, 0.1) is 5.52 Å². The monoisotopic (exact) mass is 260 g/mol. The molecule has 0 fully saturated rings. The lowest BCUT2D eigenvalue weighted by molar-refractivity contribution is 0.0826. The number of nitrogens with one attached hydrogen (secondary N) is 1. The number of amidine groups is 1. The van der Waals surface area contributed by atoms with Crippen LogP contribution in [0, 0.1) is 5.41 Å². The average Bonchev–Trinajstić information content (AvgIpc) is 2.83. The molecule has 0 radical (unpaired) electrons. The third-order valence-electron chi connectivity index (χ3n) is 3.62. The molecule has 0 aliphatic carbocycles. The molecule has 0 aliphatic heterocycles. The summed E-state index contributed by atoms with van der Waals surface area (Å²) >= 11 is 0. The Morgan fingerprint density at radius 1 is 1.42 bits per heavy atom. The van der Waals surface area contributed by atoms with Crippen LogP contribution in [0.3, 0.4) is 0 Å². The number of aliphatic hydroxyl groups excluding tert-OH is 1. The SMILES string of the molecule is CC(O)N(C)C(=N)C(C)(C)c1ccc2ccnn2c1. The van der Waals surface area contributed by atoms with E-state index in [0.717, 1.165) is 11.1 Å². The van der Waals surface area contributed by atoms with Crippen molar-refractivity contribution in [3.8, 4) is 0 Å². The van der Waals surface area contributed by atoms with Gasteiger partial charge >= 0.3 is 0 Å². The molecule has 2 rings (SSSR count). The van der Waals surface area contributed by atoms with E-state index < -0.39 is 11.6 Å². The lowest BCUT2D eigenvalue weighted by Gasteiger charge is -2.34. The van der Waals surface area contributed by atoms with Crippen molar-refractivity contribution in [3.05, 3.63) is 36.2 Å². The number of hydrogen-bond donors (Lipinski definition) is 2. The van der Waals surface area contributed by atoms with E-state index in [2.05, 4.69) is 5.10 Å². The minimum Gasteiger partial charge on any atom is -0.374 e. The topological polar surface area (TPSA) is 64.6 Å². The first-order chi connectivity index (χ1) is 8.84. The molecule has 0 saturated carbocycles. The highest BCUT2D eigenvalue weighted by Gasteiger charge is 2.30. The zero-order chi connectivity index (χ0) is 14.2. The summed E-state index contributed by atoms with van der Waals surface area (Å²) in [6.45, 7) is 5.60. The minimum absolute atomic E-state index is 0.369. The van der Waals surface area contributed by atoms with Gasteiger partial charge in [-0.3, -0.25) is 5.41 Å². The maximum atomic E-state index is 9.61. The second-order valence-electron chi connectivity index (χ2n) is 5.33. The maximum absolute atomic E-state index is 9.61. The van der Waals surface area contributed by atoms with Crippen molar-refractivity contribution in [3.63, 3.8) is 0 Å². The summed E-state index contributed by atoms with van der Waals surface area (Å²) in [5, 5.41) is 22.1. The molecule has 19 heavy (non-hydrogen) atoms. The normalized spacial score (nSPS) is 13.5. The molecular weight excluding hydrogens is 240 g/mol. The second kappa shape index (κ2) is 4.66. The van der Waals surface area contributed by atoms with Crippen LogP contribution in [0.25, 0.3) is 5.52 Å². The first-order valence-electron chi connectivity index (χ1n) is 6.28. The fourth-order valence-electron chi connectivity index (χ4n) is 2.05. The second-order valence-corrected chi connectivity index (χ2v) is 5.33. The van der Waals surface area contributed by atoms with E-state index in [1.165, 1.54) is 0 Å². The predicted octanol–water partition coefficient (Wildman–Crippen LogP) is 1.86. The number of pyridine rings is 1. The highest BCUT2D eigenvalue weighted by molar-refractivity contribution is 5.89. The number of likely N-dealkylation sites (N-methyl/N-ethyl adjacent to an activating group) is 1. The van der Waals surface area contributed by atoms with Crippen molar-refractivity contribution in [2.24, 2.45) is 0 Å². The van der Waals surface area contributed by atoms with Gasteiger partial charge in [-0.15, -0.1) is 0 Å². The third-order valence-corrected chi connectivity index (χ3v) is 3.62. The molecule has 0 aromatic carbocycles. The van der Waals surface area contributed by atoms with Gasteiger partial charge in [0.1, 0.15) is 12.1 Å². The molecule has 2 heterocycles. The largest absolute Gasteiger partial charge is 0.374 e. The Bertz CT molecular complexity index is 600. The van der Waals surface area contributed by atoms with Crippen molar-refractivity contribution in [1.82, 2.24) is 14.5 Å². The quantitative estimate of drug-likeness (QED) is 0.503. The number of aliphatic hydroxyl groups is 1. The van der Waals surface area contributed by atoms with Crippen LogP contribution in [0.1, 0.15) is 26.3 Å². The number of hydrogen-bond acceptors (Lipinski definition) is 3. The van der Waals surface area contributed by atoms with Crippen molar-refractivity contribution in [1.29, 1.82) is 5.41 Å². The molecule has 5 nitrogen and oxygen atoms in total. The molecule has 0 amide bonds. The van der Waals surface area contributed by atoms with Crippen LogP contribution in [-0.2, 0) is 5.41 Å². The Kier molecular flexibility index (Phi) is 3.32. The molecule has 0 spiro atoms. The first kappa shape index (κ1) is 13.5. The fourth-order valence-corrected chi connectivity index (χ4v) is 2.05. The van der Waals surface area contributed by atoms with Crippen LogP contribution in [0.15, 0.2) is 30.6 Å². The fraction of sp³-hybridized carbons (Fsp3) is 0.429. The number of nitrogens with zero attached hydrogens (tertiary/aromatic N) is 3. The standard InChI is InChI=1S/C14H20N4O/c1-10(19)17(4)13(15)14(2,3)11-5-6-12-7-8-16-18(12)9-11/h5-10,15,19H,1-4H3. The molecule has 2 N–H and O–H groups in total. The molecule has 0 aliphatic rings. The summed E-state index contributed by atoms with van der Waals surface area (Å²) in [6, 6.07) is 5.92. The van der Waals surface area contributed by atoms with Crippen LogP contribution >= 0.6 is 0 Å². The van der Waals surface area contributed by atoms with Crippen molar-refractivity contribution >= 4 is 11.4 Å². The Morgan fingerprint density at radius 3 is 2.74 bits per heavy atom. The molecule has 5 heteroatoms. The van der Waals surface area contributed by atoms with Crippen LogP contribution < -0.4 is 0 Å². The molecule has 1 atom stereocenters. The van der Waals surface area contributed by atoms with E-state index in [-0.39, 0.29) is 0 Å². The van der Waals surface area contributed by atoms with E-state index in [0.29, 0.717) is 5.84 Å². The van der Waals surface area contributed by atoms with Gasteiger partial charge in [-0.1, -0.05) is 6.07 Å². The van der Waals surface area contributed by atoms with E-state index >= 15 is 0 Å². The first-order valence-corrected chi connectivity index (χ1v) is 6.28. The summed E-state index contributed by atoms with van der Waals surface area (Å²) in [5.74, 6) is 0.369. The molecular formula is C14H20N4O. The van der Waals surface area contributed by atoms with Gasteiger partial charge in [-0.25, -0.2) is 4.52 Å². The molecule has 2 aromatic heterocycles. The van der Waals surface area contributed by atoms with E-state index in [4.69, 9.17) is 5.41 Å². The molecule has 1 unspecified atom stereocenters. The number of rotatable bonds is 3. The summed E-state index contributed by atoms with van der Waals surface area (Å²) in [4.78, 5) is 1.56. The Balaban J connectivity index is 2.39. The van der Waals surface area contributed by atoms with Crippen LogP contribution in [-0.4, -0.2) is 38.7 Å². The third kappa shape index (κ3) is 2.33. The number of aromatic nitrogens is 2. The average molecular weight is 260 g/mol. The van der Waals surface area contributed by atoms with Gasteiger partial charge in [0.15, 0.2) is 0 Å². The number of fused-ring (bicyclic) bond motifs is 1. The molecule has 2 aromatic rings. The minimum atomic E-state index is -0.680. The lowest BCUT2D eigenvalue weighted by Crippen LogP contribution is -2.45. The smallest absolute Gasteiger partial charge is 0.124 e. The van der Waals surface area contributed by atoms with Gasteiger partial charge in [-0.05, 0) is 38.5 Å². The van der Waals surface area contributed by atoms with Crippen molar-refractivity contribution in [2.45, 2.75) is 32.4 Å². The van der Waals surface area contributed by atoms with Crippen LogP contribution in [0.4, 0.5) is 0 Å². The maximum Gasteiger partial charge on any atom is 0.124 e. The van der Waals surface area contributed by atoms with Crippen molar-refractivity contribution in [2.75, 3.05) is 7.05 Å². The Labute approximate surface area is 113 Å². The zero-order valence-corrected chi connectivity index (χ0v) is 11.8. The summed E-state index contributed by atoms with van der Waals surface area (Å²) in [5.41, 5.74) is 1.52. The van der Waals surface area contributed by atoms with Crippen LogP contribution in [0.5, 0.6) is 0 Å². The lowest BCUT2D eigenvalue weighted by atomic mass is 9.83. The van der Waals surface area contributed by atoms with E-state index in [9.17, 15) is 5.11 Å². The van der Waals surface area contributed by atoms with Gasteiger partial charge < -0.3 is 10.0 Å². The van der Waals surface area contributed by atoms with Crippen molar-refractivity contribution < 1.29 is 5.11 Å². The molecule has 0 bridgehead atoms. The van der Waals surface area contributed by atoms with Gasteiger partial charge in [0.2, 0.25) is 0 Å². The molecule has 0 saturated heterocycles. The van der Waals surface area contributed by atoms with E-state index in [1.807, 2.05) is 38.2 Å². The summed E-state index contributed by atoms with van der Waals surface area (Å²) < 4.78 is 1.80.